The maximum absolute atomic E-state index is 13.9. The van der Waals surface area contributed by atoms with Crippen LogP contribution in [-0.2, 0) is 21.7 Å². The summed E-state index contributed by atoms with van der Waals surface area (Å²) in [5, 5.41) is 1.99. The molecule has 6 nitrogen and oxygen atoms in total. The van der Waals surface area contributed by atoms with Crippen molar-refractivity contribution in [2.75, 3.05) is 36.0 Å². The largest absolute Gasteiger partial charge is 0.422 e. The molecule has 0 saturated carbocycles. The number of hydrogen-bond acceptors (Lipinski definition) is 7. The third kappa shape index (κ3) is 5.93. The molecular formula is C54H54N2O4S. The third-order valence-electron chi connectivity index (χ3n) is 15.0. The van der Waals surface area contributed by atoms with E-state index in [4.69, 9.17) is 8.83 Å². The minimum Gasteiger partial charge on any atom is -0.422 e. The summed E-state index contributed by atoms with van der Waals surface area (Å²) in [5.41, 5.74) is 13.4. The van der Waals surface area contributed by atoms with Crippen LogP contribution in [0.4, 0.5) is 11.4 Å². The van der Waals surface area contributed by atoms with Gasteiger partial charge in [-0.25, -0.2) is 9.59 Å². The highest BCUT2D eigenvalue weighted by Crippen LogP contribution is 2.53. The van der Waals surface area contributed by atoms with Crippen molar-refractivity contribution in [3.8, 4) is 43.1 Å². The molecular weight excluding hydrogens is 773 g/mol. The Hall–Kier alpha value is -5.40. The van der Waals surface area contributed by atoms with Crippen LogP contribution in [0.5, 0.6) is 0 Å². The van der Waals surface area contributed by atoms with Crippen molar-refractivity contribution < 1.29 is 8.83 Å². The van der Waals surface area contributed by atoms with Crippen LogP contribution in [0, 0.1) is 0 Å². The molecule has 310 valence electrons. The summed E-state index contributed by atoms with van der Waals surface area (Å²) in [7, 11) is 0. The fourth-order valence-electron chi connectivity index (χ4n) is 11.0. The molecule has 0 N–H and O–H groups in total. The average Bonchev–Trinajstić information content (AvgIpc) is 3.72. The van der Waals surface area contributed by atoms with E-state index >= 15 is 0 Å². The van der Waals surface area contributed by atoms with Crippen molar-refractivity contribution in [1.82, 2.24) is 0 Å². The normalized spacial score (nSPS) is 19.2. The molecule has 0 spiro atoms. The first-order valence-corrected chi connectivity index (χ1v) is 22.9. The molecule has 0 aliphatic carbocycles. The number of thiophene rings is 1. The summed E-state index contributed by atoms with van der Waals surface area (Å²) in [6, 6.07) is 29.5. The maximum Gasteiger partial charge on any atom is 0.344 e. The highest BCUT2D eigenvalue weighted by Gasteiger charge is 2.43. The highest BCUT2D eigenvalue weighted by atomic mass is 32.1. The van der Waals surface area contributed by atoms with Crippen molar-refractivity contribution in [3.05, 3.63) is 128 Å². The smallest absolute Gasteiger partial charge is 0.344 e. The molecule has 7 aromatic rings. The van der Waals surface area contributed by atoms with Gasteiger partial charge in [-0.05, 0) is 123 Å². The van der Waals surface area contributed by atoms with Gasteiger partial charge in [-0.2, -0.15) is 0 Å². The van der Waals surface area contributed by atoms with Gasteiger partial charge in [0.1, 0.15) is 11.2 Å². The Kier molecular flexibility index (Phi) is 8.25. The SMILES string of the molecule is CC1(C)CCN2CCC(C)(C)c3c2c1cc1cc(-c2ccc(-c4ccc(-c5cccc(-c6cc7cc8c9c(c7oc6=O)C(C)(C)CCN9CCC8(C)C)c5)s4)cc2)c(=O)oc31. The summed E-state index contributed by atoms with van der Waals surface area (Å²) >= 11 is 1.71. The molecule has 4 aliphatic rings. The van der Waals surface area contributed by atoms with Gasteiger partial charge in [0.25, 0.3) is 0 Å². The zero-order valence-corrected chi connectivity index (χ0v) is 37.5. The van der Waals surface area contributed by atoms with Gasteiger partial charge in [0, 0.05) is 69.2 Å². The van der Waals surface area contributed by atoms with Crippen molar-refractivity contribution in [1.29, 1.82) is 0 Å². The lowest BCUT2D eigenvalue weighted by molar-refractivity contribution is 0.398. The van der Waals surface area contributed by atoms with Crippen molar-refractivity contribution in [3.63, 3.8) is 0 Å². The molecule has 0 radical (unpaired) electrons. The number of anilines is 2. The van der Waals surface area contributed by atoms with Gasteiger partial charge < -0.3 is 18.6 Å². The van der Waals surface area contributed by atoms with Gasteiger partial charge in [-0.1, -0.05) is 97.9 Å². The first-order chi connectivity index (χ1) is 29.0. The molecule has 0 fully saturated rings. The molecule has 61 heavy (non-hydrogen) atoms. The Morgan fingerprint density at radius 3 is 1.41 bits per heavy atom. The van der Waals surface area contributed by atoms with Gasteiger partial charge in [0.15, 0.2) is 0 Å². The Labute approximate surface area is 361 Å². The molecule has 0 atom stereocenters. The molecule has 4 aliphatic heterocycles. The van der Waals surface area contributed by atoms with E-state index in [0.29, 0.717) is 11.1 Å². The van der Waals surface area contributed by atoms with E-state index in [1.807, 2.05) is 24.3 Å². The molecule has 4 aromatic carbocycles. The van der Waals surface area contributed by atoms with E-state index in [2.05, 4.69) is 126 Å². The van der Waals surface area contributed by atoms with Crippen LogP contribution in [0.2, 0.25) is 0 Å². The molecule has 0 saturated heterocycles. The minimum absolute atomic E-state index is 0.0358. The number of rotatable bonds is 4. The monoisotopic (exact) mass is 826 g/mol. The lowest BCUT2D eigenvalue weighted by Crippen LogP contribution is -2.44. The molecule has 0 amide bonds. The van der Waals surface area contributed by atoms with Gasteiger partial charge in [0.05, 0.1) is 11.1 Å². The van der Waals surface area contributed by atoms with E-state index in [1.165, 1.54) is 33.6 Å². The van der Waals surface area contributed by atoms with E-state index in [9.17, 15) is 9.59 Å². The second-order valence-corrected chi connectivity index (χ2v) is 21.9. The minimum atomic E-state index is -0.301. The Bertz CT molecular complexity index is 3100. The second-order valence-electron chi connectivity index (χ2n) is 20.9. The van der Waals surface area contributed by atoms with Crippen LogP contribution in [0.3, 0.4) is 0 Å². The van der Waals surface area contributed by atoms with Crippen molar-refractivity contribution in [2.24, 2.45) is 0 Å². The predicted molar refractivity (Wildman–Crippen MR) is 253 cm³/mol. The fraction of sp³-hybridized carbons (Fsp3) is 0.370. The van der Waals surface area contributed by atoms with Crippen LogP contribution in [0.25, 0.3) is 65.1 Å². The zero-order valence-electron chi connectivity index (χ0n) is 36.7. The Balaban J connectivity index is 0.916. The molecule has 7 heterocycles. The Morgan fingerprint density at radius 2 is 0.902 bits per heavy atom. The molecule has 3 aromatic heterocycles. The highest BCUT2D eigenvalue weighted by molar-refractivity contribution is 7.18. The van der Waals surface area contributed by atoms with E-state index in [1.54, 1.807) is 11.3 Å². The number of fused-ring (bicyclic) bond motifs is 4. The molecule has 7 heteroatoms. The van der Waals surface area contributed by atoms with Crippen LogP contribution in [-0.4, -0.2) is 26.2 Å². The van der Waals surface area contributed by atoms with Crippen LogP contribution < -0.4 is 21.1 Å². The van der Waals surface area contributed by atoms with Gasteiger partial charge in [-0.15, -0.1) is 11.3 Å². The van der Waals surface area contributed by atoms with Gasteiger partial charge in [0.2, 0.25) is 0 Å². The van der Waals surface area contributed by atoms with E-state index < -0.39 is 0 Å². The topological polar surface area (TPSA) is 66.9 Å². The lowest BCUT2D eigenvalue weighted by Gasteiger charge is -2.48. The molecule has 11 rings (SSSR count). The molecule has 0 unspecified atom stereocenters. The summed E-state index contributed by atoms with van der Waals surface area (Å²) < 4.78 is 12.7. The zero-order chi connectivity index (χ0) is 42.4. The lowest BCUT2D eigenvalue weighted by atomic mass is 9.69. The average molecular weight is 827 g/mol. The first kappa shape index (κ1) is 38.5. The van der Waals surface area contributed by atoms with Crippen LogP contribution >= 0.6 is 11.3 Å². The van der Waals surface area contributed by atoms with Crippen molar-refractivity contribution >= 4 is 44.7 Å². The second kappa shape index (κ2) is 13.1. The first-order valence-electron chi connectivity index (χ1n) is 22.1. The van der Waals surface area contributed by atoms with Crippen LogP contribution in [0.1, 0.15) is 103 Å². The van der Waals surface area contributed by atoms with Gasteiger partial charge >= 0.3 is 11.3 Å². The Morgan fingerprint density at radius 1 is 0.475 bits per heavy atom. The number of hydrogen-bond donors (Lipinski definition) is 0. The van der Waals surface area contributed by atoms with Crippen molar-refractivity contribution in [2.45, 2.75) is 103 Å². The summed E-state index contributed by atoms with van der Waals surface area (Å²) in [6.07, 6.45) is 4.26. The molecule has 0 bridgehead atoms. The standard InChI is InChI=1S/C54H54N2O4S/c1-51(2)18-22-55-24-20-53(5,6)43-45(55)39(51)29-35-27-37(49(57)59-47(35)43)31-12-14-32(15-13-31)41-16-17-42(61-41)34-11-9-10-33(26-34)38-28-36-30-40-46-44(48(36)60-50(38)58)54(7,8)21-25-56(46)23-19-52(40,3)4/h9-17,26-30H,18-25H2,1-8H3. The summed E-state index contributed by atoms with van der Waals surface area (Å²) in [4.78, 5) is 35.0. The predicted octanol–water partition coefficient (Wildman–Crippen LogP) is 13.0. The van der Waals surface area contributed by atoms with Crippen LogP contribution in [0.15, 0.2) is 103 Å². The van der Waals surface area contributed by atoms with E-state index in [-0.39, 0.29) is 32.9 Å². The van der Waals surface area contributed by atoms with Gasteiger partial charge in [-0.3, -0.25) is 0 Å². The fourth-order valence-corrected chi connectivity index (χ4v) is 12.0. The number of benzene rings is 4. The summed E-state index contributed by atoms with van der Waals surface area (Å²) in [5.74, 6) is 0. The maximum atomic E-state index is 13.9. The quantitative estimate of drug-likeness (QED) is 0.165. The third-order valence-corrected chi connectivity index (χ3v) is 16.2. The number of nitrogens with zero attached hydrogens (tertiary/aromatic N) is 2. The summed E-state index contributed by atoms with van der Waals surface area (Å²) in [6.45, 7) is 22.7. The van der Waals surface area contributed by atoms with E-state index in [0.717, 1.165) is 106 Å².